The molecule has 2 aromatic carbocycles. The van der Waals surface area contributed by atoms with Gasteiger partial charge < -0.3 is 10.2 Å². The fraction of sp³-hybridized carbons (Fsp3) is 0.364. The van der Waals surface area contributed by atoms with E-state index in [1.807, 2.05) is 11.8 Å². The summed E-state index contributed by atoms with van der Waals surface area (Å²) in [5, 5.41) is 2.31. The third-order valence-electron chi connectivity index (χ3n) is 5.27. The van der Waals surface area contributed by atoms with Gasteiger partial charge in [-0.15, -0.1) is 0 Å². The Balaban J connectivity index is 1.79. The zero-order valence-corrected chi connectivity index (χ0v) is 17.8. The number of amides is 2. The van der Waals surface area contributed by atoms with Gasteiger partial charge in [-0.1, -0.05) is 6.07 Å². The molecule has 1 fully saturated rings. The van der Waals surface area contributed by atoms with Gasteiger partial charge in [-0.3, -0.25) is 9.59 Å². The fourth-order valence-electron chi connectivity index (χ4n) is 3.36. The molecule has 29 heavy (non-hydrogen) atoms. The molecule has 1 N–H and O–H groups in total. The van der Waals surface area contributed by atoms with E-state index >= 15 is 0 Å². The quantitative estimate of drug-likeness (QED) is 0.809. The lowest BCUT2D eigenvalue weighted by molar-refractivity contribution is 0.0791. The Morgan fingerprint density at radius 3 is 2.21 bits per heavy atom. The summed E-state index contributed by atoms with van der Waals surface area (Å²) in [6, 6.07) is 11.2. The van der Waals surface area contributed by atoms with Crippen LogP contribution in [0.15, 0.2) is 47.4 Å². The van der Waals surface area contributed by atoms with Crippen LogP contribution in [0.3, 0.4) is 0 Å². The summed E-state index contributed by atoms with van der Waals surface area (Å²) in [5.41, 5.74) is 2.22. The van der Waals surface area contributed by atoms with Crippen LogP contribution in [0.25, 0.3) is 0 Å². The normalized spacial score (nSPS) is 14.3. The first-order chi connectivity index (χ1) is 13.7. The first-order valence-electron chi connectivity index (χ1n) is 9.76. The summed E-state index contributed by atoms with van der Waals surface area (Å²) in [5.74, 6) is -0.369. The van der Waals surface area contributed by atoms with Crippen molar-refractivity contribution in [3.63, 3.8) is 0 Å². The molecule has 1 aliphatic heterocycles. The van der Waals surface area contributed by atoms with Crippen LogP contribution in [0, 0.1) is 6.92 Å². The summed E-state index contributed by atoms with van der Waals surface area (Å²) >= 11 is 0. The number of rotatable bonds is 5. The molecular formula is C22H26N2O4S. The zero-order valence-electron chi connectivity index (χ0n) is 16.9. The molecule has 1 heterocycles. The summed E-state index contributed by atoms with van der Waals surface area (Å²) in [6.45, 7) is 6.59. The van der Waals surface area contributed by atoms with E-state index in [-0.39, 0.29) is 16.7 Å². The van der Waals surface area contributed by atoms with Gasteiger partial charge in [0.25, 0.3) is 11.8 Å². The van der Waals surface area contributed by atoms with Gasteiger partial charge in [-0.2, -0.15) is 0 Å². The summed E-state index contributed by atoms with van der Waals surface area (Å²) in [6.07, 6.45) is 2.04. The number of likely N-dealkylation sites (tertiary alicyclic amines) is 1. The molecule has 0 atom stereocenters. The maximum absolute atomic E-state index is 12.7. The predicted octanol–water partition coefficient (Wildman–Crippen LogP) is 3.67. The van der Waals surface area contributed by atoms with E-state index in [4.69, 9.17) is 0 Å². The van der Waals surface area contributed by atoms with Crippen LogP contribution in [-0.2, 0) is 9.84 Å². The standard InChI is InChI=1S/C22H26N2O4S/c1-15(2)29(27,28)18-11-9-17(10-12-18)21(25)23-20-8-6-7-19(16(20)3)22(26)24-13-4-5-14-24/h6-12,15H,4-5,13-14H2,1-3H3,(H,23,25). The molecule has 7 heteroatoms. The molecule has 154 valence electrons. The predicted molar refractivity (Wildman–Crippen MR) is 113 cm³/mol. The Kier molecular flexibility index (Phi) is 6.07. The van der Waals surface area contributed by atoms with Crippen LogP contribution in [-0.4, -0.2) is 43.5 Å². The lowest BCUT2D eigenvalue weighted by Gasteiger charge is -2.18. The van der Waals surface area contributed by atoms with Crippen LogP contribution >= 0.6 is 0 Å². The molecular weight excluding hydrogens is 388 g/mol. The third kappa shape index (κ3) is 4.34. The highest BCUT2D eigenvalue weighted by atomic mass is 32.2. The highest BCUT2D eigenvalue weighted by Gasteiger charge is 2.22. The Morgan fingerprint density at radius 1 is 1.00 bits per heavy atom. The monoisotopic (exact) mass is 414 g/mol. The third-order valence-corrected chi connectivity index (χ3v) is 7.44. The molecule has 1 saturated heterocycles. The largest absolute Gasteiger partial charge is 0.339 e. The van der Waals surface area contributed by atoms with Crippen LogP contribution in [0.4, 0.5) is 5.69 Å². The number of anilines is 1. The summed E-state index contributed by atoms with van der Waals surface area (Å²) in [4.78, 5) is 27.4. The molecule has 2 aromatic rings. The number of nitrogens with one attached hydrogen (secondary N) is 1. The minimum absolute atomic E-state index is 0.0145. The van der Waals surface area contributed by atoms with Gasteiger partial charge >= 0.3 is 0 Å². The molecule has 0 spiro atoms. The van der Waals surface area contributed by atoms with Gasteiger partial charge in [0.2, 0.25) is 0 Å². The molecule has 0 unspecified atom stereocenters. The Bertz CT molecular complexity index is 1020. The molecule has 6 nitrogen and oxygen atoms in total. The number of hydrogen-bond acceptors (Lipinski definition) is 4. The van der Waals surface area contributed by atoms with Crippen LogP contribution in [0.2, 0.25) is 0 Å². The fourth-order valence-corrected chi connectivity index (χ4v) is 4.42. The van der Waals surface area contributed by atoms with Crippen LogP contribution in [0.1, 0.15) is 53.0 Å². The van der Waals surface area contributed by atoms with Crippen LogP contribution < -0.4 is 5.32 Å². The van der Waals surface area contributed by atoms with E-state index in [1.54, 1.807) is 32.0 Å². The van der Waals surface area contributed by atoms with Gasteiger partial charge in [0.05, 0.1) is 10.1 Å². The Labute approximate surface area is 171 Å². The van der Waals surface area contributed by atoms with Gasteiger partial charge in [-0.05, 0) is 75.6 Å². The van der Waals surface area contributed by atoms with E-state index in [0.29, 0.717) is 16.8 Å². The van der Waals surface area contributed by atoms with Crippen molar-refractivity contribution in [2.24, 2.45) is 0 Å². The van der Waals surface area contributed by atoms with E-state index in [2.05, 4.69) is 5.32 Å². The van der Waals surface area contributed by atoms with Crippen molar-refractivity contribution in [1.82, 2.24) is 4.90 Å². The molecule has 1 aliphatic rings. The average Bonchev–Trinajstić information content (AvgIpc) is 3.24. The van der Waals surface area contributed by atoms with Crippen molar-refractivity contribution >= 4 is 27.3 Å². The first-order valence-corrected chi connectivity index (χ1v) is 11.3. The SMILES string of the molecule is Cc1c(NC(=O)c2ccc(S(=O)(=O)C(C)C)cc2)cccc1C(=O)N1CCCC1. The molecule has 0 radical (unpaired) electrons. The van der Waals surface area contributed by atoms with E-state index in [9.17, 15) is 18.0 Å². The van der Waals surface area contributed by atoms with Crippen molar-refractivity contribution in [2.45, 2.75) is 43.8 Å². The summed E-state index contributed by atoms with van der Waals surface area (Å²) < 4.78 is 24.4. The topological polar surface area (TPSA) is 83.5 Å². The van der Waals surface area contributed by atoms with Gasteiger partial charge in [-0.25, -0.2) is 8.42 Å². The Morgan fingerprint density at radius 2 is 1.62 bits per heavy atom. The second kappa shape index (κ2) is 8.37. The molecule has 0 aromatic heterocycles. The van der Waals surface area contributed by atoms with Gasteiger partial charge in [0, 0.05) is 29.9 Å². The van der Waals surface area contributed by atoms with E-state index in [1.165, 1.54) is 24.3 Å². The van der Waals surface area contributed by atoms with Crippen molar-refractivity contribution in [3.05, 3.63) is 59.2 Å². The van der Waals surface area contributed by atoms with Gasteiger partial charge in [0.15, 0.2) is 9.84 Å². The second-order valence-electron chi connectivity index (χ2n) is 7.55. The first kappa shape index (κ1) is 21.0. The minimum atomic E-state index is -3.38. The molecule has 0 aliphatic carbocycles. The smallest absolute Gasteiger partial charge is 0.255 e. The van der Waals surface area contributed by atoms with E-state index in [0.717, 1.165) is 31.5 Å². The van der Waals surface area contributed by atoms with Crippen molar-refractivity contribution in [1.29, 1.82) is 0 Å². The Hall–Kier alpha value is -2.67. The van der Waals surface area contributed by atoms with Crippen molar-refractivity contribution < 1.29 is 18.0 Å². The highest BCUT2D eigenvalue weighted by molar-refractivity contribution is 7.92. The average molecular weight is 415 g/mol. The summed E-state index contributed by atoms with van der Waals surface area (Å²) in [7, 11) is -3.38. The highest BCUT2D eigenvalue weighted by Crippen LogP contribution is 2.23. The number of nitrogens with zero attached hydrogens (tertiary/aromatic N) is 1. The van der Waals surface area contributed by atoms with Gasteiger partial charge in [0.1, 0.15) is 0 Å². The van der Waals surface area contributed by atoms with Crippen molar-refractivity contribution in [2.75, 3.05) is 18.4 Å². The molecule has 2 amide bonds. The molecule has 0 saturated carbocycles. The molecule has 3 rings (SSSR count). The number of benzene rings is 2. The van der Waals surface area contributed by atoms with Crippen molar-refractivity contribution in [3.8, 4) is 0 Å². The lowest BCUT2D eigenvalue weighted by Crippen LogP contribution is -2.28. The minimum Gasteiger partial charge on any atom is -0.339 e. The number of hydrogen-bond donors (Lipinski definition) is 1. The van der Waals surface area contributed by atoms with Crippen LogP contribution in [0.5, 0.6) is 0 Å². The number of carbonyl (C=O) groups excluding carboxylic acids is 2. The number of carbonyl (C=O) groups is 2. The van der Waals surface area contributed by atoms with E-state index < -0.39 is 15.1 Å². The zero-order chi connectivity index (χ0) is 21.2. The second-order valence-corrected chi connectivity index (χ2v) is 10.1. The maximum Gasteiger partial charge on any atom is 0.255 e. The number of sulfone groups is 1. The lowest BCUT2D eigenvalue weighted by atomic mass is 10.0. The molecule has 0 bridgehead atoms. The maximum atomic E-state index is 12.7.